The lowest BCUT2D eigenvalue weighted by Gasteiger charge is -2.35. The molecule has 0 radical (unpaired) electrons. The molecule has 1 aromatic carbocycles. The van der Waals surface area contributed by atoms with Crippen molar-refractivity contribution in [2.45, 2.75) is 57.7 Å². The number of carbonyl (C=O) groups excluding carboxylic acids is 1. The minimum atomic E-state index is -4.59. The Bertz CT molecular complexity index is 1460. The van der Waals surface area contributed by atoms with Crippen LogP contribution in [0.2, 0.25) is 0 Å². The average Bonchev–Trinajstić information content (AvgIpc) is 3.47. The molecule has 1 aliphatic rings. The molecule has 2 heterocycles. The third-order valence-electron chi connectivity index (χ3n) is 7.64. The number of aromatic nitrogens is 2. The fourth-order valence-electron chi connectivity index (χ4n) is 5.35. The smallest absolute Gasteiger partial charge is 0.434 e. The summed E-state index contributed by atoms with van der Waals surface area (Å²) in [5.74, 6) is -1.96. The maximum atomic E-state index is 13.3. The molecular weight excluding hydrogens is 571 g/mol. The zero-order valence-corrected chi connectivity index (χ0v) is 24.6. The van der Waals surface area contributed by atoms with Crippen LogP contribution in [0.4, 0.5) is 13.2 Å². The van der Waals surface area contributed by atoms with E-state index in [9.17, 15) is 27.9 Å². The number of carbonyl (C=O) groups is 2. The fraction of sp³-hybridized carbons (Fsp3) is 0.467. The Labute approximate surface area is 246 Å². The first kappa shape index (κ1) is 31.3. The Balaban J connectivity index is 1.61. The summed E-state index contributed by atoms with van der Waals surface area (Å²) in [5.41, 5.74) is 0.337. The quantitative estimate of drug-likeness (QED) is 0.190. The molecule has 3 aromatic rings. The summed E-state index contributed by atoms with van der Waals surface area (Å²) < 4.78 is 51.6. The van der Waals surface area contributed by atoms with E-state index in [0.29, 0.717) is 47.4 Å². The van der Waals surface area contributed by atoms with Crippen molar-refractivity contribution in [3.63, 3.8) is 0 Å². The summed E-state index contributed by atoms with van der Waals surface area (Å²) in [6, 6.07) is 5.04. The van der Waals surface area contributed by atoms with Crippen molar-refractivity contribution in [1.29, 1.82) is 0 Å². The van der Waals surface area contributed by atoms with Crippen LogP contribution in [0.3, 0.4) is 0 Å². The van der Waals surface area contributed by atoms with Gasteiger partial charge in [0.2, 0.25) is 5.91 Å². The first-order valence-corrected chi connectivity index (χ1v) is 14.6. The third kappa shape index (κ3) is 6.86. The van der Waals surface area contributed by atoms with Gasteiger partial charge in [-0.25, -0.2) is 9.97 Å². The highest BCUT2D eigenvalue weighted by atomic mass is 32.1. The number of aryl methyl sites for hydroxylation is 1. The minimum Gasteiger partial charge on any atom is -0.496 e. The van der Waals surface area contributed by atoms with Gasteiger partial charge >= 0.3 is 12.1 Å². The molecule has 4 rings (SSSR count). The van der Waals surface area contributed by atoms with Crippen molar-refractivity contribution in [2.24, 2.45) is 11.8 Å². The summed E-state index contributed by atoms with van der Waals surface area (Å²) >= 11 is 0.822. The van der Waals surface area contributed by atoms with Crippen LogP contribution in [0.1, 0.15) is 49.8 Å². The van der Waals surface area contributed by atoms with Gasteiger partial charge in [0.1, 0.15) is 22.2 Å². The van der Waals surface area contributed by atoms with E-state index < -0.39 is 35.8 Å². The van der Waals surface area contributed by atoms with Gasteiger partial charge in [-0.15, -0.1) is 17.9 Å². The summed E-state index contributed by atoms with van der Waals surface area (Å²) in [7, 11) is 3.21. The van der Waals surface area contributed by atoms with E-state index in [1.165, 1.54) is 13.2 Å². The highest BCUT2D eigenvalue weighted by Crippen LogP contribution is 2.40. The van der Waals surface area contributed by atoms with Gasteiger partial charge in [0.05, 0.1) is 30.6 Å². The van der Waals surface area contributed by atoms with Crippen LogP contribution < -0.4 is 9.47 Å². The van der Waals surface area contributed by atoms with Gasteiger partial charge in [-0.2, -0.15) is 13.2 Å². The Kier molecular flexibility index (Phi) is 9.75. The number of unbranched alkanes of at least 4 members (excludes halogenated alkanes) is 2. The molecule has 1 amide bonds. The number of carboxylic acids is 1. The molecule has 1 N–H and O–H groups in total. The van der Waals surface area contributed by atoms with Crippen molar-refractivity contribution in [3.8, 4) is 22.2 Å². The van der Waals surface area contributed by atoms with E-state index in [1.54, 1.807) is 31.0 Å². The number of ether oxygens (including phenoxy) is 2. The van der Waals surface area contributed by atoms with E-state index in [4.69, 9.17) is 9.47 Å². The molecule has 0 aliphatic heterocycles. The molecule has 42 heavy (non-hydrogen) atoms. The number of rotatable bonds is 11. The van der Waals surface area contributed by atoms with Crippen molar-refractivity contribution >= 4 is 34.1 Å². The molecule has 1 fully saturated rings. The summed E-state index contributed by atoms with van der Waals surface area (Å²) in [6.45, 7) is 6.03. The van der Waals surface area contributed by atoms with Crippen LogP contribution in [0.25, 0.3) is 21.6 Å². The number of hydrogen-bond donors (Lipinski definition) is 1. The maximum absolute atomic E-state index is 13.3. The third-order valence-corrected chi connectivity index (χ3v) is 8.50. The second-order valence-electron chi connectivity index (χ2n) is 10.5. The number of thiazole rings is 1. The normalized spacial score (nSPS) is 19.0. The van der Waals surface area contributed by atoms with Gasteiger partial charge in [-0.05, 0) is 57.6 Å². The predicted molar refractivity (Wildman–Crippen MR) is 154 cm³/mol. The van der Waals surface area contributed by atoms with Crippen molar-refractivity contribution in [3.05, 3.63) is 47.5 Å². The van der Waals surface area contributed by atoms with E-state index >= 15 is 0 Å². The number of halogens is 3. The SMILES string of the molecule is C=CCCCCN(C)C(=O)[C@@H]1CCC(Oc2cc(-c3nc(C(F)(F)F)cs3)nc3c(C)c(OC)ccc23)C[C@H]1C(=O)O. The molecule has 0 spiro atoms. The molecule has 1 saturated carbocycles. The lowest BCUT2D eigenvalue weighted by Crippen LogP contribution is -2.44. The highest BCUT2D eigenvalue weighted by Gasteiger charge is 2.41. The second kappa shape index (κ2) is 13.1. The van der Waals surface area contributed by atoms with Crippen LogP contribution in [-0.2, 0) is 15.8 Å². The lowest BCUT2D eigenvalue weighted by atomic mass is 9.77. The van der Waals surface area contributed by atoms with Gasteiger partial charge < -0.3 is 19.5 Å². The number of hydrogen-bond acceptors (Lipinski definition) is 7. The first-order valence-electron chi connectivity index (χ1n) is 13.7. The Morgan fingerprint density at radius 2 is 1.95 bits per heavy atom. The molecule has 1 unspecified atom stereocenters. The van der Waals surface area contributed by atoms with Crippen molar-refractivity contribution < 1.29 is 37.3 Å². The second-order valence-corrected chi connectivity index (χ2v) is 11.3. The van der Waals surface area contributed by atoms with Crippen LogP contribution >= 0.6 is 11.3 Å². The minimum absolute atomic E-state index is 0.0742. The molecule has 226 valence electrons. The van der Waals surface area contributed by atoms with E-state index in [1.807, 2.05) is 6.08 Å². The largest absolute Gasteiger partial charge is 0.496 e. The predicted octanol–water partition coefficient (Wildman–Crippen LogP) is 6.76. The standard InChI is InChI=1S/C30H34F3N3O5S/c1-5-6-7-8-13-36(3)28(37)19-10-9-18(14-21(19)29(38)39)41-24-15-22(27-35-25(16-42-27)30(31,32)33)34-26-17(2)23(40-4)12-11-20(24)26/h5,11-12,15-16,18-19,21H,1,6-10,13-14H2,2-4H3,(H,38,39)/t18?,19-,21-/m1/s1. The van der Waals surface area contributed by atoms with Crippen molar-refractivity contribution in [2.75, 3.05) is 20.7 Å². The molecule has 1 aliphatic carbocycles. The maximum Gasteiger partial charge on any atom is 0.434 e. The Morgan fingerprint density at radius 3 is 2.60 bits per heavy atom. The number of pyridine rings is 1. The van der Waals surface area contributed by atoms with Crippen LogP contribution in [0, 0.1) is 18.8 Å². The Morgan fingerprint density at radius 1 is 1.19 bits per heavy atom. The number of amides is 1. The van der Waals surface area contributed by atoms with Crippen molar-refractivity contribution in [1.82, 2.24) is 14.9 Å². The number of allylic oxidation sites excluding steroid dienone is 1. The molecule has 12 heteroatoms. The number of aliphatic carboxylic acids is 1. The number of benzene rings is 1. The Hall–Kier alpha value is -3.67. The summed E-state index contributed by atoms with van der Waals surface area (Å²) in [5, 5.41) is 11.7. The van der Waals surface area contributed by atoms with Gasteiger partial charge in [-0.1, -0.05) is 6.08 Å². The van der Waals surface area contributed by atoms with Gasteiger partial charge in [0.15, 0.2) is 5.69 Å². The molecular formula is C30H34F3N3O5S. The lowest BCUT2D eigenvalue weighted by molar-refractivity contribution is -0.153. The van der Waals surface area contributed by atoms with Crippen LogP contribution in [-0.4, -0.2) is 58.7 Å². The topological polar surface area (TPSA) is 102 Å². The number of nitrogens with zero attached hydrogens (tertiary/aromatic N) is 3. The fourth-order valence-corrected chi connectivity index (χ4v) is 6.13. The molecule has 8 nitrogen and oxygen atoms in total. The number of alkyl halides is 3. The van der Waals surface area contributed by atoms with Gasteiger partial charge in [0.25, 0.3) is 0 Å². The highest BCUT2D eigenvalue weighted by molar-refractivity contribution is 7.13. The first-order chi connectivity index (χ1) is 19.9. The average molecular weight is 606 g/mol. The molecule has 3 atom stereocenters. The van der Waals surface area contributed by atoms with Gasteiger partial charge in [0, 0.05) is 36.0 Å². The van der Waals surface area contributed by atoms with E-state index in [0.717, 1.165) is 36.0 Å². The number of carboxylic acid groups (broad SMARTS) is 1. The summed E-state index contributed by atoms with van der Waals surface area (Å²) in [6.07, 6.45) is 0.141. The zero-order chi connectivity index (χ0) is 30.6. The molecule has 0 bridgehead atoms. The van der Waals surface area contributed by atoms with E-state index in [2.05, 4.69) is 16.5 Å². The molecule has 2 aromatic heterocycles. The monoisotopic (exact) mass is 605 g/mol. The summed E-state index contributed by atoms with van der Waals surface area (Å²) in [4.78, 5) is 35.4. The van der Waals surface area contributed by atoms with Crippen LogP contribution in [0.5, 0.6) is 11.5 Å². The van der Waals surface area contributed by atoms with E-state index in [-0.39, 0.29) is 23.0 Å². The van der Waals surface area contributed by atoms with Gasteiger partial charge in [-0.3, -0.25) is 9.59 Å². The number of fused-ring (bicyclic) bond motifs is 1. The van der Waals surface area contributed by atoms with Crippen LogP contribution in [0.15, 0.2) is 36.2 Å². The molecule has 0 saturated heterocycles. The zero-order valence-electron chi connectivity index (χ0n) is 23.7. The number of methoxy groups -OCH3 is 1.